The summed E-state index contributed by atoms with van der Waals surface area (Å²) in [6.07, 6.45) is 4.85. The SMILES string of the molecule is COc1ccc(-c2cnc3c(Nc4ccc5c(O)n(CCCN)c(=O)c(O)c5c4)nccn23)c(F)c1F. The number of aromatic hydroxyl groups is 2. The first kappa shape index (κ1) is 24.0. The highest BCUT2D eigenvalue weighted by Crippen LogP contribution is 2.34. The van der Waals surface area contributed by atoms with Crippen molar-refractivity contribution in [2.75, 3.05) is 19.0 Å². The van der Waals surface area contributed by atoms with E-state index >= 15 is 0 Å². The first-order chi connectivity index (χ1) is 17.8. The molecule has 0 bridgehead atoms. The number of fused-ring (bicyclic) bond motifs is 2. The second-order valence-corrected chi connectivity index (χ2v) is 8.21. The van der Waals surface area contributed by atoms with Crippen molar-refractivity contribution in [1.29, 1.82) is 0 Å². The van der Waals surface area contributed by atoms with Crippen LogP contribution in [-0.4, -0.2) is 42.8 Å². The number of nitrogens with two attached hydrogens (primary N) is 1. The third kappa shape index (κ3) is 3.96. The summed E-state index contributed by atoms with van der Waals surface area (Å²) in [5, 5.41) is 24.6. The summed E-state index contributed by atoms with van der Waals surface area (Å²) in [5.41, 5.74) is 5.80. The van der Waals surface area contributed by atoms with Gasteiger partial charge in [-0.1, -0.05) is 0 Å². The predicted molar refractivity (Wildman–Crippen MR) is 133 cm³/mol. The Hall–Kier alpha value is -4.71. The van der Waals surface area contributed by atoms with Gasteiger partial charge in [0.2, 0.25) is 11.7 Å². The predicted octanol–water partition coefficient (Wildman–Crippen LogP) is 3.50. The zero-order valence-corrected chi connectivity index (χ0v) is 19.6. The molecular weight excluding hydrogens is 486 g/mol. The molecule has 0 aliphatic heterocycles. The first-order valence-electron chi connectivity index (χ1n) is 11.3. The Bertz CT molecular complexity index is 1720. The van der Waals surface area contributed by atoms with Gasteiger partial charge in [0.25, 0.3) is 5.56 Å². The third-order valence-electron chi connectivity index (χ3n) is 6.04. The quantitative estimate of drug-likeness (QED) is 0.262. The summed E-state index contributed by atoms with van der Waals surface area (Å²) in [6, 6.07) is 7.40. The van der Waals surface area contributed by atoms with E-state index in [2.05, 4.69) is 15.3 Å². The lowest BCUT2D eigenvalue weighted by Crippen LogP contribution is -2.21. The molecule has 5 rings (SSSR count). The minimum Gasteiger partial charge on any atom is -0.503 e. The first-order valence-corrected chi connectivity index (χ1v) is 11.3. The smallest absolute Gasteiger partial charge is 0.296 e. The number of anilines is 2. The van der Waals surface area contributed by atoms with Crippen LogP contribution < -0.4 is 21.3 Å². The van der Waals surface area contributed by atoms with Crippen LogP contribution in [0.5, 0.6) is 17.4 Å². The van der Waals surface area contributed by atoms with E-state index in [4.69, 9.17) is 10.5 Å². The van der Waals surface area contributed by atoms with Crippen molar-refractivity contribution in [1.82, 2.24) is 18.9 Å². The molecule has 2 aromatic carbocycles. The van der Waals surface area contributed by atoms with Crippen molar-refractivity contribution in [2.45, 2.75) is 13.0 Å². The van der Waals surface area contributed by atoms with Gasteiger partial charge in [0, 0.05) is 41.0 Å². The molecule has 0 atom stereocenters. The Kier molecular flexibility index (Phi) is 6.09. The van der Waals surface area contributed by atoms with Gasteiger partial charge in [-0.3, -0.25) is 13.8 Å². The van der Waals surface area contributed by atoms with Crippen molar-refractivity contribution in [3.8, 4) is 28.6 Å². The summed E-state index contributed by atoms with van der Waals surface area (Å²) in [6.45, 7) is 0.485. The number of hydrogen-bond donors (Lipinski definition) is 4. The highest BCUT2D eigenvalue weighted by Gasteiger charge is 2.20. The van der Waals surface area contributed by atoms with Crippen LogP contribution in [0.15, 0.2) is 53.7 Å². The number of methoxy groups -OCH3 is 1. The molecule has 3 aromatic heterocycles. The van der Waals surface area contributed by atoms with Crippen LogP contribution in [0.3, 0.4) is 0 Å². The average molecular weight is 508 g/mol. The molecule has 0 amide bonds. The topological polar surface area (TPSA) is 140 Å². The summed E-state index contributed by atoms with van der Waals surface area (Å²) in [5.74, 6) is -2.90. The number of halogens is 2. The third-order valence-corrected chi connectivity index (χ3v) is 6.04. The molecule has 0 aliphatic carbocycles. The summed E-state index contributed by atoms with van der Waals surface area (Å²) in [7, 11) is 1.25. The Morgan fingerprint density at radius 1 is 1.11 bits per heavy atom. The van der Waals surface area contributed by atoms with Gasteiger partial charge >= 0.3 is 0 Å². The number of imidazole rings is 1. The van der Waals surface area contributed by atoms with Gasteiger partial charge in [0.1, 0.15) is 0 Å². The zero-order chi connectivity index (χ0) is 26.3. The van der Waals surface area contributed by atoms with Crippen molar-refractivity contribution in [3.63, 3.8) is 0 Å². The molecule has 5 N–H and O–H groups in total. The van der Waals surface area contributed by atoms with Crippen molar-refractivity contribution >= 4 is 27.9 Å². The number of nitrogens with zero attached hydrogens (tertiary/aromatic N) is 4. The van der Waals surface area contributed by atoms with Crippen LogP contribution in [0.2, 0.25) is 0 Å². The Morgan fingerprint density at radius 3 is 2.68 bits per heavy atom. The minimum absolute atomic E-state index is 0.0139. The molecule has 0 spiro atoms. The largest absolute Gasteiger partial charge is 0.503 e. The molecule has 0 saturated carbocycles. The van der Waals surface area contributed by atoms with Crippen LogP contribution in [0.4, 0.5) is 20.3 Å². The monoisotopic (exact) mass is 508 g/mol. The highest BCUT2D eigenvalue weighted by atomic mass is 19.2. The number of hydrogen-bond acceptors (Lipinski definition) is 8. The van der Waals surface area contributed by atoms with Crippen molar-refractivity contribution in [3.05, 3.63) is 70.9 Å². The number of aromatic nitrogens is 4. The fourth-order valence-corrected chi connectivity index (χ4v) is 4.18. The molecule has 0 saturated heterocycles. The van der Waals surface area contributed by atoms with Gasteiger partial charge in [-0.05, 0) is 43.3 Å². The van der Waals surface area contributed by atoms with Crippen LogP contribution in [0.25, 0.3) is 27.7 Å². The van der Waals surface area contributed by atoms with Gasteiger partial charge in [0.15, 0.2) is 28.8 Å². The van der Waals surface area contributed by atoms with Crippen LogP contribution >= 0.6 is 0 Å². The second kappa shape index (κ2) is 9.39. The van der Waals surface area contributed by atoms with E-state index in [0.29, 0.717) is 30.0 Å². The lowest BCUT2D eigenvalue weighted by Gasteiger charge is -2.14. The molecule has 0 radical (unpaired) electrons. The maximum Gasteiger partial charge on any atom is 0.296 e. The molecule has 10 nitrogen and oxygen atoms in total. The molecule has 0 aliphatic rings. The Labute approximate surface area is 208 Å². The minimum atomic E-state index is -1.11. The number of pyridine rings is 1. The van der Waals surface area contributed by atoms with E-state index in [-0.39, 0.29) is 40.3 Å². The Morgan fingerprint density at radius 2 is 1.92 bits per heavy atom. The molecule has 12 heteroatoms. The molecule has 0 unspecified atom stereocenters. The fraction of sp³-hybridized carbons (Fsp3) is 0.160. The number of rotatable bonds is 7. The second-order valence-electron chi connectivity index (χ2n) is 8.21. The highest BCUT2D eigenvalue weighted by molar-refractivity contribution is 5.94. The summed E-state index contributed by atoms with van der Waals surface area (Å²) >= 11 is 0. The van der Waals surface area contributed by atoms with Crippen LogP contribution in [-0.2, 0) is 6.54 Å². The molecule has 5 aromatic rings. The molecule has 3 heterocycles. The van der Waals surface area contributed by atoms with Crippen LogP contribution in [0.1, 0.15) is 6.42 Å². The number of ether oxygens (including phenoxy) is 1. The van der Waals surface area contributed by atoms with E-state index in [1.165, 1.54) is 37.7 Å². The van der Waals surface area contributed by atoms with Gasteiger partial charge in [-0.25, -0.2) is 14.4 Å². The molecule has 190 valence electrons. The maximum absolute atomic E-state index is 14.7. The van der Waals surface area contributed by atoms with E-state index in [1.807, 2.05) is 0 Å². The van der Waals surface area contributed by atoms with E-state index < -0.39 is 22.9 Å². The van der Waals surface area contributed by atoms with E-state index in [9.17, 15) is 23.8 Å². The summed E-state index contributed by atoms with van der Waals surface area (Å²) in [4.78, 5) is 21.2. The van der Waals surface area contributed by atoms with Gasteiger partial charge in [0.05, 0.1) is 19.0 Å². The zero-order valence-electron chi connectivity index (χ0n) is 19.6. The molecule has 0 fully saturated rings. The number of nitrogens with one attached hydrogen (secondary N) is 1. The van der Waals surface area contributed by atoms with Crippen molar-refractivity contribution in [2.24, 2.45) is 5.73 Å². The number of benzene rings is 2. The van der Waals surface area contributed by atoms with Crippen molar-refractivity contribution < 1.29 is 23.7 Å². The lowest BCUT2D eigenvalue weighted by atomic mass is 10.1. The molecular formula is C25H22F2N6O4. The fourth-order valence-electron chi connectivity index (χ4n) is 4.18. The normalized spacial score (nSPS) is 11.4. The Balaban J connectivity index is 1.55. The lowest BCUT2D eigenvalue weighted by molar-refractivity contribution is 0.372. The van der Waals surface area contributed by atoms with E-state index in [1.54, 1.807) is 22.7 Å². The standard InChI is InChI=1S/C25H22F2N6O4/c1-37-18-6-5-15(19(26)20(18)27)17-12-30-23-22(29-8-10-32(17)23)31-13-3-4-14-16(11-13)21(34)25(36)33(24(14)35)9-2-7-28/h3-6,8,10-12,34-35H,2,7,9,28H2,1H3,(H,29,31). The van der Waals surface area contributed by atoms with Gasteiger partial charge < -0.3 is 26.0 Å². The van der Waals surface area contributed by atoms with Gasteiger partial charge in [-0.15, -0.1) is 0 Å². The average Bonchev–Trinajstić information content (AvgIpc) is 3.34. The molecule has 37 heavy (non-hydrogen) atoms. The maximum atomic E-state index is 14.7. The van der Waals surface area contributed by atoms with Crippen LogP contribution in [0, 0.1) is 11.6 Å². The summed E-state index contributed by atoms with van der Waals surface area (Å²) < 4.78 is 36.5. The van der Waals surface area contributed by atoms with E-state index in [0.717, 1.165) is 4.57 Å². The van der Waals surface area contributed by atoms with Gasteiger partial charge in [-0.2, -0.15) is 4.39 Å².